The van der Waals surface area contributed by atoms with Crippen LogP contribution in [0.1, 0.15) is 35.8 Å². The van der Waals surface area contributed by atoms with E-state index >= 15 is 0 Å². The van der Waals surface area contributed by atoms with Crippen molar-refractivity contribution in [3.05, 3.63) is 68.2 Å². The molecule has 1 atom stereocenters. The second-order valence-corrected chi connectivity index (χ2v) is 8.30. The van der Waals surface area contributed by atoms with E-state index in [1.807, 2.05) is 13.0 Å². The number of hydrogen-bond acceptors (Lipinski definition) is 4. The van der Waals surface area contributed by atoms with Gasteiger partial charge in [0, 0.05) is 46.3 Å². The molecule has 1 aromatic heterocycles. The number of piperidine rings is 1. The number of carbonyl (C=O) groups is 1. The molecule has 1 aliphatic heterocycles. The molecule has 0 radical (unpaired) electrons. The SMILES string of the molecule is CCN(C[C@H]1CCCN(CCc2cccc(F)c2)C1)C(=O)c1cc(=O)n(C)c(=O)n1C. The first-order valence-corrected chi connectivity index (χ1v) is 10.8. The van der Waals surface area contributed by atoms with E-state index in [1.54, 1.807) is 17.0 Å². The highest BCUT2D eigenvalue weighted by Crippen LogP contribution is 2.19. The van der Waals surface area contributed by atoms with E-state index in [0.29, 0.717) is 19.0 Å². The lowest BCUT2D eigenvalue weighted by atomic mass is 9.96. The Hall–Kier alpha value is -2.74. The Kier molecular flexibility index (Phi) is 7.43. The van der Waals surface area contributed by atoms with E-state index in [-0.39, 0.29) is 17.4 Å². The second kappa shape index (κ2) is 10.0. The molecule has 2 heterocycles. The Labute approximate surface area is 181 Å². The molecule has 8 heteroatoms. The maximum absolute atomic E-state index is 13.4. The van der Waals surface area contributed by atoms with Gasteiger partial charge in [-0.3, -0.25) is 18.7 Å². The quantitative estimate of drug-likeness (QED) is 0.670. The second-order valence-electron chi connectivity index (χ2n) is 8.30. The van der Waals surface area contributed by atoms with Crippen molar-refractivity contribution in [3.63, 3.8) is 0 Å². The van der Waals surface area contributed by atoms with E-state index in [0.717, 1.165) is 49.0 Å². The van der Waals surface area contributed by atoms with Gasteiger partial charge in [-0.05, 0) is 56.3 Å². The van der Waals surface area contributed by atoms with Crippen molar-refractivity contribution in [2.45, 2.75) is 26.2 Å². The van der Waals surface area contributed by atoms with Crippen LogP contribution in [0.2, 0.25) is 0 Å². The lowest BCUT2D eigenvalue weighted by molar-refractivity contribution is 0.0679. The minimum absolute atomic E-state index is 0.119. The zero-order valence-electron chi connectivity index (χ0n) is 18.5. The smallest absolute Gasteiger partial charge is 0.331 e. The molecule has 3 rings (SSSR count). The lowest BCUT2D eigenvalue weighted by Gasteiger charge is -2.35. The van der Waals surface area contributed by atoms with E-state index in [4.69, 9.17) is 0 Å². The highest BCUT2D eigenvalue weighted by atomic mass is 19.1. The molecule has 1 saturated heterocycles. The molecule has 0 unspecified atom stereocenters. The zero-order valence-corrected chi connectivity index (χ0v) is 18.5. The van der Waals surface area contributed by atoms with Gasteiger partial charge in [-0.25, -0.2) is 9.18 Å². The zero-order chi connectivity index (χ0) is 22.5. The van der Waals surface area contributed by atoms with Gasteiger partial charge < -0.3 is 9.80 Å². The summed E-state index contributed by atoms with van der Waals surface area (Å²) in [5.74, 6) is -0.193. The van der Waals surface area contributed by atoms with Crippen molar-refractivity contribution < 1.29 is 9.18 Å². The van der Waals surface area contributed by atoms with Gasteiger partial charge in [-0.2, -0.15) is 0 Å². The maximum atomic E-state index is 13.4. The van der Waals surface area contributed by atoms with Crippen molar-refractivity contribution in [3.8, 4) is 0 Å². The molecular formula is C23H31FN4O3. The first-order valence-electron chi connectivity index (χ1n) is 10.8. The number of amides is 1. The molecule has 2 aromatic rings. The number of halogens is 1. The summed E-state index contributed by atoms with van der Waals surface area (Å²) in [5, 5.41) is 0. The monoisotopic (exact) mass is 430 g/mol. The van der Waals surface area contributed by atoms with Gasteiger partial charge in [0.05, 0.1) is 0 Å². The predicted molar refractivity (Wildman–Crippen MR) is 118 cm³/mol. The number of carbonyl (C=O) groups excluding carboxylic acids is 1. The molecule has 7 nitrogen and oxygen atoms in total. The lowest BCUT2D eigenvalue weighted by Crippen LogP contribution is -2.46. The molecule has 0 N–H and O–H groups in total. The molecule has 0 bridgehead atoms. The Bertz CT molecular complexity index is 1050. The number of rotatable bonds is 7. The van der Waals surface area contributed by atoms with Gasteiger partial charge in [0.1, 0.15) is 11.5 Å². The van der Waals surface area contributed by atoms with Gasteiger partial charge in [0.25, 0.3) is 11.5 Å². The Balaban J connectivity index is 1.64. The van der Waals surface area contributed by atoms with Crippen LogP contribution in [0.3, 0.4) is 0 Å². The number of likely N-dealkylation sites (tertiary alicyclic amines) is 1. The summed E-state index contributed by atoms with van der Waals surface area (Å²) in [6, 6.07) is 7.94. The number of benzene rings is 1. The maximum Gasteiger partial charge on any atom is 0.331 e. The van der Waals surface area contributed by atoms with E-state index < -0.39 is 11.2 Å². The van der Waals surface area contributed by atoms with Crippen LogP contribution in [0.5, 0.6) is 0 Å². The van der Waals surface area contributed by atoms with Gasteiger partial charge in [-0.1, -0.05) is 12.1 Å². The molecular weight excluding hydrogens is 399 g/mol. The van der Waals surface area contributed by atoms with E-state index in [9.17, 15) is 18.8 Å². The number of nitrogens with zero attached hydrogens (tertiary/aromatic N) is 4. The van der Waals surface area contributed by atoms with Crippen molar-refractivity contribution in [1.82, 2.24) is 18.9 Å². The average Bonchev–Trinajstić information content (AvgIpc) is 2.77. The molecule has 1 aliphatic rings. The van der Waals surface area contributed by atoms with Crippen LogP contribution in [0.25, 0.3) is 0 Å². The molecule has 31 heavy (non-hydrogen) atoms. The van der Waals surface area contributed by atoms with Crippen LogP contribution in [-0.4, -0.2) is 57.6 Å². The third-order valence-corrected chi connectivity index (χ3v) is 6.10. The topological polar surface area (TPSA) is 67.6 Å². The normalized spacial score (nSPS) is 17.0. The van der Waals surface area contributed by atoms with Crippen LogP contribution >= 0.6 is 0 Å². The molecule has 1 amide bonds. The van der Waals surface area contributed by atoms with Crippen molar-refractivity contribution >= 4 is 5.91 Å². The fraction of sp³-hybridized carbons (Fsp3) is 0.522. The largest absolute Gasteiger partial charge is 0.337 e. The van der Waals surface area contributed by atoms with Crippen LogP contribution in [0.4, 0.5) is 4.39 Å². The fourth-order valence-corrected chi connectivity index (χ4v) is 4.25. The van der Waals surface area contributed by atoms with Gasteiger partial charge in [0.15, 0.2) is 0 Å². The molecule has 1 fully saturated rings. The molecule has 0 spiro atoms. The minimum Gasteiger partial charge on any atom is -0.337 e. The summed E-state index contributed by atoms with van der Waals surface area (Å²) < 4.78 is 15.6. The Morgan fingerprint density at radius 3 is 2.68 bits per heavy atom. The van der Waals surface area contributed by atoms with Crippen molar-refractivity contribution in [1.29, 1.82) is 0 Å². The predicted octanol–water partition coefficient (Wildman–Crippen LogP) is 1.64. The van der Waals surface area contributed by atoms with E-state index in [1.165, 1.54) is 30.8 Å². The van der Waals surface area contributed by atoms with Crippen LogP contribution < -0.4 is 11.2 Å². The number of hydrogen-bond donors (Lipinski definition) is 0. The van der Waals surface area contributed by atoms with Crippen LogP contribution in [-0.2, 0) is 20.5 Å². The average molecular weight is 431 g/mol. The molecule has 0 saturated carbocycles. The minimum atomic E-state index is -0.506. The van der Waals surface area contributed by atoms with E-state index in [2.05, 4.69) is 4.90 Å². The summed E-state index contributed by atoms with van der Waals surface area (Å²) in [5.41, 5.74) is 0.115. The van der Waals surface area contributed by atoms with Gasteiger partial charge in [0.2, 0.25) is 0 Å². The summed E-state index contributed by atoms with van der Waals surface area (Å²) >= 11 is 0. The molecule has 168 valence electrons. The fourth-order valence-electron chi connectivity index (χ4n) is 4.25. The van der Waals surface area contributed by atoms with Crippen LogP contribution in [0, 0.1) is 11.7 Å². The molecule has 0 aliphatic carbocycles. The van der Waals surface area contributed by atoms with Crippen molar-refractivity contribution in [2.24, 2.45) is 20.0 Å². The van der Waals surface area contributed by atoms with Crippen LogP contribution in [0.15, 0.2) is 39.9 Å². The van der Waals surface area contributed by atoms with Gasteiger partial charge >= 0.3 is 5.69 Å². The first kappa shape index (κ1) is 22.9. The summed E-state index contributed by atoms with van der Waals surface area (Å²) in [7, 11) is 2.91. The highest BCUT2D eigenvalue weighted by Gasteiger charge is 2.25. The third kappa shape index (κ3) is 5.50. The summed E-state index contributed by atoms with van der Waals surface area (Å²) in [4.78, 5) is 41.4. The summed E-state index contributed by atoms with van der Waals surface area (Å²) in [6.45, 7) is 5.70. The highest BCUT2D eigenvalue weighted by molar-refractivity contribution is 5.92. The van der Waals surface area contributed by atoms with Crippen molar-refractivity contribution in [2.75, 3.05) is 32.7 Å². The first-order chi connectivity index (χ1) is 14.8. The number of aromatic nitrogens is 2. The molecule has 1 aromatic carbocycles. The standard InChI is InChI=1S/C23H31FN4O3/c1-4-28(22(30)20-14-21(29)26(3)23(31)25(20)2)16-18-8-6-11-27(15-18)12-10-17-7-5-9-19(24)13-17/h5,7,9,13-14,18H,4,6,8,10-12,15-16H2,1-3H3/t18-/m0/s1. The van der Waals surface area contributed by atoms with Gasteiger partial charge in [-0.15, -0.1) is 0 Å². The Morgan fingerprint density at radius 1 is 1.19 bits per heavy atom. The summed E-state index contributed by atoms with van der Waals surface area (Å²) in [6.07, 6.45) is 2.86. The third-order valence-electron chi connectivity index (χ3n) is 6.10. The Morgan fingerprint density at radius 2 is 1.97 bits per heavy atom.